The number of rotatable bonds is 2. The van der Waals surface area contributed by atoms with Gasteiger partial charge in [-0.25, -0.2) is 13.2 Å². The van der Waals surface area contributed by atoms with Crippen molar-refractivity contribution >= 4 is 15.9 Å². The van der Waals surface area contributed by atoms with Crippen molar-refractivity contribution < 1.29 is 13.2 Å². The van der Waals surface area contributed by atoms with Gasteiger partial charge in [0.1, 0.15) is 0 Å². The van der Waals surface area contributed by atoms with Crippen LogP contribution in [0.5, 0.6) is 0 Å². The van der Waals surface area contributed by atoms with Gasteiger partial charge in [-0.2, -0.15) is 0 Å². The molecule has 0 aromatic heterocycles. The molecular formula is C11H12BrF3N2. The second-order valence-electron chi connectivity index (χ2n) is 3.99. The highest BCUT2D eigenvalue weighted by atomic mass is 79.9. The minimum Gasteiger partial charge on any atom is -0.314 e. The van der Waals surface area contributed by atoms with Crippen LogP contribution in [0.3, 0.4) is 0 Å². The molecule has 0 saturated carbocycles. The minimum absolute atomic E-state index is 0.0402. The molecule has 2 rings (SSSR count). The largest absolute Gasteiger partial charge is 0.314 e. The summed E-state index contributed by atoms with van der Waals surface area (Å²) in [5.41, 5.74) is 0.178. The van der Waals surface area contributed by atoms with Crippen LogP contribution in [0.15, 0.2) is 10.5 Å². The summed E-state index contributed by atoms with van der Waals surface area (Å²) in [6.45, 7) is 3.49. The zero-order chi connectivity index (χ0) is 12.4. The molecule has 1 aromatic carbocycles. The molecule has 0 atom stereocenters. The van der Waals surface area contributed by atoms with Gasteiger partial charge < -0.3 is 5.32 Å². The summed E-state index contributed by atoms with van der Waals surface area (Å²) in [5.74, 6) is -3.68. The quantitative estimate of drug-likeness (QED) is 0.666. The van der Waals surface area contributed by atoms with Gasteiger partial charge in [0.15, 0.2) is 17.5 Å². The third-order valence-electron chi connectivity index (χ3n) is 2.78. The molecule has 0 spiro atoms. The third-order valence-corrected chi connectivity index (χ3v) is 3.36. The van der Waals surface area contributed by atoms with Crippen LogP contribution < -0.4 is 5.32 Å². The number of hydrogen-bond donors (Lipinski definition) is 1. The van der Waals surface area contributed by atoms with E-state index in [1.165, 1.54) is 6.07 Å². The van der Waals surface area contributed by atoms with E-state index in [4.69, 9.17) is 0 Å². The highest BCUT2D eigenvalue weighted by Gasteiger charge is 2.19. The molecule has 1 aliphatic rings. The zero-order valence-corrected chi connectivity index (χ0v) is 10.7. The summed E-state index contributed by atoms with van der Waals surface area (Å²) in [5, 5.41) is 3.17. The summed E-state index contributed by atoms with van der Waals surface area (Å²) in [7, 11) is 0. The van der Waals surface area contributed by atoms with Crippen LogP contribution in [-0.4, -0.2) is 31.1 Å². The molecule has 1 saturated heterocycles. The average molecular weight is 309 g/mol. The van der Waals surface area contributed by atoms with Crippen LogP contribution in [0.2, 0.25) is 0 Å². The summed E-state index contributed by atoms with van der Waals surface area (Å²) in [6.07, 6.45) is 0. The standard InChI is InChI=1S/C11H12BrF3N2/c12-8-5-7(9(13)11(15)10(8)14)6-17-3-1-16-2-4-17/h5,16H,1-4,6H2. The summed E-state index contributed by atoms with van der Waals surface area (Å²) >= 11 is 2.88. The number of nitrogens with one attached hydrogen (secondary N) is 1. The Bertz CT molecular complexity index is 420. The maximum absolute atomic E-state index is 13.5. The lowest BCUT2D eigenvalue weighted by Crippen LogP contribution is -2.43. The van der Waals surface area contributed by atoms with Crippen molar-refractivity contribution in [3.05, 3.63) is 33.6 Å². The van der Waals surface area contributed by atoms with E-state index >= 15 is 0 Å². The van der Waals surface area contributed by atoms with Crippen molar-refractivity contribution in [1.82, 2.24) is 10.2 Å². The molecule has 1 aliphatic heterocycles. The Morgan fingerprint density at radius 2 is 1.76 bits per heavy atom. The number of hydrogen-bond acceptors (Lipinski definition) is 2. The lowest BCUT2D eigenvalue weighted by Gasteiger charge is -2.27. The van der Waals surface area contributed by atoms with Crippen molar-refractivity contribution in [2.75, 3.05) is 26.2 Å². The van der Waals surface area contributed by atoms with Gasteiger partial charge in [0.25, 0.3) is 0 Å². The topological polar surface area (TPSA) is 15.3 Å². The Morgan fingerprint density at radius 3 is 2.41 bits per heavy atom. The first kappa shape index (κ1) is 12.9. The highest BCUT2D eigenvalue weighted by molar-refractivity contribution is 9.10. The van der Waals surface area contributed by atoms with E-state index < -0.39 is 17.5 Å². The summed E-state index contributed by atoms with van der Waals surface area (Å²) in [4.78, 5) is 2.00. The Labute approximate surface area is 106 Å². The van der Waals surface area contributed by atoms with Crippen molar-refractivity contribution in [3.8, 4) is 0 Å². The summed E-state index contributed by atoms with van der Waals surface area (Å²) < 4.78 is 39.7. The van der Waals surface area contributed by atoms with E-state index in [0.29, 0.717) is 6.54 Å². The predicted molar refractivity (Wildman–Crippen MR) is 62.2 cm³/mol. The Morgan fingerprint density at radius 1 is 1.12 bits per heavy atom. The number of halogens is 4. The molecule has 17 heavy (non-hydrogen) atoms. The first-order valence-corrected chi connectivity index (χ1v) is 6.14. The first-order chi connectivity index (χ1) is 8.09. The van der Waals surface area contributed by atoms with Crippen molar-refractivity contribution in [2.45, 2.75) is 6.54 Å². The molecule has 2 nitrogen and oxygen atoms in total. The SMILES string of the molecule is Fc1c(Br)cc(CN2CCNCC2)c(F)c1F. The van der Waals surface area contributed by atoms with Crippen LogP contribution in [0, 0.1) is 17.5 Å². The van der Waals surface area contributed by atoms with Crippen LogP contribution in [0.1, 0.15) is 5.56 Å². The summed E-state index contributed by atoms with van der Waals surface area (Å²) in [6, 6.07) is 1.30. The molecule has 1 N–H and O–H groups in total. The monoisotopic (exact) mass is 308 g/mol. The average Bonchev–Trinajstić information content (AvgIpc) is 2.35. The molecule has 0 radical (unpaired) electrons. The maximum atomic E-state index is 13.5. The molecule has 1 aromatic rings. The van der Waals surface area contributed by atoms with Gasteiger partial charge in [-0.3, -0.25) is 4.90 Å². The molecule has 0 aliphatic carbocycles. The molecule has 1 fully saturated rings. The molecule has 0 amide bonds. The van der Waals surface area contributed by atoms with E-state index in [-0.39, 0.29) is 10.0 Å². The molecule has 0 bridgehead atoms. The molecule has 1 heterocycles. The van der Waals surface area contributed by atoms with Crippen molar-refractivity contribution in [2.24, 2.45) is 0 Å². The molecule has 6 heteroatoms. The van der Waals surface area contributed by atoms with Gasteiger partial charge in [-0.05, 0) is 22.0 Å². The van der Waals surface area contributed by atoms with Crippen LogP contribution >= 0.6 is 15.9 Å². The smallest absolute Gasteiger partial charge is 0.195 e. The second-order valence-corrected chi connectivity index (χ2v) is 4.84. The van der Waals surface area contributed by atoms with Gasteiger partial charge in [-0.1, -0.05) is 0 Å². The minimum atomic E-state index is -1.41. The normalized spacial score (nSPS) is 17.4. The Kier molecular flexibility index (Phi) is 4.06. The lowest BCUT2D eigenvalue weighted by molar-refractivity contribution is 0.229. The lowest BCUT2D eigenvalue weighted by atomic mass is 10.1. The van der Waals surface area contributed by atoms with Gasteiger partial charge in [0, 0.05) is 38.3 Å². The van der Waals surface area contributed by atoms with Crippen LogP contribution in [0.4, 0.5) is 13.2 Å². The van der Waals surface area contributed by atoms with Crippen LogP contribution in [0.25, 0.3) is 0 Å². The zero-order valence-electron chi connectivity index (χ0n) is 9.07. The van der Waals surface area contributed by atoms with E-state index in [0.717, 1.165) is 26.2 Å². The Hall–Kier alpha value is -0.590. The number of piperazine rings is 1. The fourth-order valence-electron chi connectivity index (χ4n) is 1.85. The molecule has 94 valence electrons. The molecular weight excluding hydrogens is 297 g/mol. The predicted octanol–water partition coefficient (Wildman–Crippen LogP) is 2.27. The van der Waals surface area contributed by atoms with Gasteiger partial charge in [0.05, 0.1) is 4.47 Å². The highest BCUT2D eigenvalue weighted by Crippen LogP contribution is 2.24. The Balaban J connectivity index is 2.20. The van der Waals surface area contributed by atoms with Crippen molar-refractivity contribution in [3.63, 3.8) is 0 Å². The third kappa shape index (κ3) is 2.81. The van der Waals surface area contributed by atoms with Gasteiger partial charge in [0.2, 0.25) is 0 Å². The number of benzene rings is 1. The van der Waals surface area contributed by atoms with E-state index in [9.17, 15) is 13.2 Å². The fourth-order valence-corrected chi connectivity index (χ4v) is 2.30. The van der Waals surface area contributed by atoms with E-state index in [2.05, 4.69) is 21.2 Å². The van der Waals surface area contributed by atoms with E-state index in [1.54, 1.807) is 0 Å². The van der Waals surface area contributed by atoms with E-state index in [1.807, 2.05) is 4.90 Å². The second kappa shape index (κ2) is 5.37. The van der Waals surface area contributed by atoms with Gasteiger partial charge in [-0.15, -0.1) is 0 Å². The number of nitrogens with zero attached hydrogens (tertiary/aromatic N) is 1. The fraction of sp³-hybridized carbons (Fsp3) is 0.455. The maximum Gasteiger partial charge on any atom is 0.195 e. The van der Waals surface area contributed by atoms with Crippen molar-refractivity contribution in [1.29, 1.82) is 0 Å². The first-order valence-electron chi connectivity index (χ1n) is 5.34. The van der Waals surface area contributed by atoms with Gasteiger partial charge >= 0.3 is 0 Å². The molecule has 0 unspecified atom stereocenters. The van der Waals surface area contributed by atoms with Crippen LogP contribution in [-0.2, 0) is 6.54 Å².